The molecule has 0 unspecified atom stereocenters. The fourth-order valence-corrected chi connectivity index (χ4v) is 1.15. The highest BCUT2D eigenvalue weighted by Crippen LogP contribution is 2.31. The van der Waals surface area contributed by atoms with Crippen molar-refractivity contribution in [3.63, 3.8) is 0 Å². The molecule has 1 saturated heterocycles. The van der Waals surface area contributed by atoms with Crippen molar-refractivity contribution in [2.24, 2.45) is 0 Å². The molecule has 2 heterocycles. The fourth-order valence-electron chi connectivity index (χ4n) is 1.15. The van der Waals surface area contributed by atoms with Crippen LogP contribution in [0.4, 0.5) is 5.69 Å². The molecule has 0 radical (unpaired) electrons. The summed E-state index contributed by atoms with van der Waals surface area (Å²) in [7, 11) is 0. The lowest BCUT2D eigenvalue weighted by Gasteiger charge is -2.03. The molecule has 2 rings (SSSR count). The van der Waals surface area contributed by atoms with E-state index in [0.29, 0.717) is 13.2 Å². The van der Waals surface area contributed by atoms with Crippen LogP contribution in [0.25, 0.3) is 0 Å². The van der Waals surface area contributed by atoms with Crippen molar-refractivity contribution in [3.05, 3.63) is 28.2 Å². The maximum atomic E-state index is 10.5. The summed E-state index contributed by atoms with van der Waals surface area (Å²) in [4.78, 5) is 9.95. The van der Waals surface area contributed by atoms with E-state index in [-0.39, 0.29) is 11.4 Å². The number of ether oxygens (including phenoxy) is 2. The zero-order valence-electron chi connectivity index (χ0n) is 6.63. The van der Waals surface area contributed by atoms with Crippen LogP contribution in [0.15, 0.2) is 16.7 Å². The smallest absolute Gasteiger partial charge is 0.315 e. The second kappa shape index (κ2) is 3.15. The van der Waals surface area contributed by atoms with Gasteiger partial charge in [0.05, 0.1) is 30.5 Å². The average molecular weight is 185 g/mol. The zero-order valence-corrected chi connectivity index (χ0v) is 6.63. The molecule has 0 atom stereocenters. The fraction of sp³-hybridized carbons (Fsp3) is 0.429. The van der Waals surface area contributed by atoms with E-state index in [2.05, 4.69) is 0 Å². The summed E-state index contributed by atoms with van der Waals surface area (Å²) < 4.78 is 15.1. The van der Waals surface area contributed by atoms with Gasteiger partial charge in [-0.1, -0.05) is 0 Å². The summed E-state index contributed by atoms with van der Waals surface area (Å²) in [5, 5.41) is 10.5. The summed E-state index contributed by atoms with van der Waals surface area (Å²) >= 11 is 0. The number of furan rings is 1. The lowest BCUT2D eigenvalue weighted by Crippen LogP contribution is -1.99. The molecule has 0 aromatic carbocycles. The molecule has 1 aromatic rings. The Morgan fingerprint density at radius 2 is 2.15 bits per heavy atom. The first-order chi connectivity index (χ1) is 6.29. The van der Waals surface area contributed by atoms with Crippen molar-refractivity contribution in [2.45, 2.75) is 6.29 Å². The summed E-state index contributed by atoms with van der Waals surface area (Å²) in [5.41, 5.74) is -0.105. The summed E-state index contributed by atoms with van der Waals surface area (Å²) in [6, 6.07) is 1.28. The Bertz CT molecular complexity index is 314. The van der Waals surface area contributed by atoms with Gasteiger partial charge in [0.1, 0.15) is 0 Å². The lowest BCUT2D eigenvalue weighted by atomic mass is 10.4. The standard InChI is InChI=1S/C7H7NO5/c9-8(10)5-1-2-11-6(5)7-12-3-4-13-7/h1-2,7H,3-4H2. The van der Waals surface area contributed by atoms with Crippen molar-refractivity contribution in [1.29, 1.82) is 0 Å². The highest BCUT2D eigenvalue weighted by molar-refractivity contribution is 5.33. The molecular weight excluding hydrogens is 178 g/mol. The van der Waals surface area contributed by atoms with Gasteiger partial charge in [-0.2, -0.15) is 0 Å². The predicted molar refractivity (Wildman–Crippen MR) is 40.0 cm³/mol. The maximum absolute atomic E-state index is 10.5. The molecule has 6 nitrogen and oxygen atoms in total. The lowest BCUT2D eigenvalue weighted by molar-refractivity contribution is -0.387. The Balaban J connectivity index is 2.28. The molecule has 6 heteroatoms. The molecule has 1 aromatic heterocycles. The van der Waals surface area contributed by atoms with Gasteiger partial charge in [0.2, 0.25) is 12.1 Å². The van der Waals surface area contributed by atoms with Gasteiger partial charge >= 0.3 is 5.69 Å². The molecule has 0 spiro atoms. The van der Waals surface area contributed by atoms with E-state index in [1.165, 1.54) is 12.3 Å². The van der Waals surface area contributed by atoms with E-state index in [4.69, 9.17) is 13.9 Å². The number of rotatable bonds is 2. The van der Waals surface area contributed by atoms with Gasteiger partial charge < -0.3 is 13.9 Å². The van der Waals surface area contributed by atoms with Crippen molar-refractivity contribution < 1.29 is 18.8 Å². The van der Waals surface area contributed by atoms with E-state index < -0.39 is 11.2 Å². The molecular formula is C7H7NO5. The van der Waals surface area contributed by atoms with Gasteiger partial charge in [0.15, 0.2) is 0 Å². The highest BCUT2D eigenvalue weighted by atomic mass is 16.7. The Morgan fingerprint density at radius 1 is 1.46 bits per heavy atom. The van der Waals surface area contributed by atoms with E-state index in [9.17, 15) is 10.1 Å². The first-order valence-electron chi connectivity index (χ1n) is 3.74. The summed E-state index contributed by atoms with van der Waals surface area (Å²) in [6.07, 6.45) is 0.522. The van der Waals surface area contributed by atoms with Crippen LogP contribution in [0.1, 0.15) is 12.1 Å². The predicted octanol–water partition coefficient (Wildman–Crippen LogP) is 1.23. The zero-order chi connectivity index (χ0) is 9.26. The molecule has 70 valence electrons. The van der Waals surface area contributed by atoms with Crippen molar-refractivity contribution in [3.8, 4) is 0 Å². The molecule has 1 aliphatic heterocycles. The normalized spacial score (nSPS) is 17.8. The maximum Gasteiger partial charge on any atom is 0.315 e. The van der Waals surface area contributed by atoms with Gasteiger partial charge in [0, 0.05) is 0 Å². The van der Waals surface area contributed by atoms with Crippen LogP contribution >= 0.6 is 0 Å². The number of nitro groups is 1. The third kappa shape index (κ3) is 1.41. The molecule has 0 N–H and O–H groups in total. The minimum atomic E-state index is -0.726. The van der Waals surface area contributed by atoms with Crippen LogP contribution in [0.5, 0.6) is 0 Å². The van der Waals surface area contributed by atoms with Gasteiger partial charge in [-0.15, -0.1) is 0 Å². The Kier molecular flexibility index (Phi) is 1.99. The van der Waals surface area contributed by atoms with E-state index >= 15 is 0 Å². The third-order valence-electron chi connectivity index (χ3n) is 1.71. The third-order valence-corrected chi connectivity index (χ3v) is 1.71. The van der Waals surface area contributed by atoms with Crippen LogP contribution in [0.2, 0.25) is 0 Å². The van der Waals surface area contributed by atoms with Crippen LogP contribution < -0.4 is 0 Å². The first kappa shape index (κ1) is 8.21. The molecule has 0 amide bonds. The van der Waals surface area contributed by atoms with Crippen LogP contribution in [0.3, 0.4) is 0 Å². The van der Waals surface area contributed by atoms with E-state index in [0.717, 1.165) is 0 Å². The molecule has 13 heavy (non-hydrogen) atoms. The van der Waals surface area contributed by atoms with E-state index in [1.54, 1.807) is 0 Å². The minimum absolute atomic E-state index is 0.105. The van der Waals surface area contributed by atoms with Crippen molar-refractivity contribution >= 4 is 5.69 Å². The van der Waals surface area contributed by atoms with Crippen LogP contribution in [0, 0.1) is 10.1 Å². The summed E-state index contributed by atoms with van der Waals surface area (Å²) in [5.74, 6) is 0.127. The van der Waals surface area contributed by atoms with Gasteiger partial charge in [0.25, 0.3) is 0 Å². The quantitative estimate of drug-likeness (QED) is 0.511. The molecule has 0 saturated carbocycles. The van der Waals surface area contributed by atoms with E-state index in [1.807, 2.05) is 0 Å². The van der Waals surface area contributed by atoms with Crippen molar-refractivity contribution in [1.82, 2.24) is 0 Å². The Morgan fingerprint density at radius 3 is 2.77 bits per heavy atom. The van der Waals surface area contributed by atoms with Gasteiger partial charge in [-0.05, 0) is 0 Å². The average Bonchev–Trinajstić information content (AvgIpc) is 2.74. The topological polar surface area (TPSA) is 74.7 Å². The number of hydrogen-bond acceptors (Lipinski definition) is 5. The van der Waals surface area contributed by atoms with Gasteiger partial charge in [-0.3, -0.25) is 10.1 Å². The molecule has 0 bridgehead atoms. The Hall–Kier alpha value is -1.40. The number of hydrogen-bond donors (Lipinski definition) is 0. The molecule has 1 aliphatic rings. The molecule has 0 aliphatic carbocycles. The van der Waals surface area contributed by atoms with Crippen LogP contribution in [-0.4, -0.2) is 18.1 Å². The number of nitrogens with zero attached hydrogens (tertiary/aromatic N) is 1. The summed E-state index contributed by atoms with van der Waals surface area (Å²) in [6.45, 7) is 0.866. The minimum Gasteiger partial charge on any atom is -0.457 e. The highest BCUT2D eigenvalue weighted by Gasteiger charge is 2.30. The van der Waals surface area contributed by atoms with Gasteiger partial charge in [-0.25, -0.2) is 0 Å². The largest absolute Gasteiger partial charge is 0.457 e. The van der Waals surface area contributed by atoms with Crippen molar-refractivity contribution in [2.75, 3.05) is 13.2 Å². The van der Waals surface area contributed by atoms with Crippen LogP contribution in [-0.2, 0) is 9.47 Å². The monoisotopic (exact) mass is 185 g/mol. The first-order valence-corrected chi connectivity index (χ1v) is 3.74. The Labute approximate surface area is 73.2 Å². The molecule has 1 fully saturated rings. The second-order valence-electron chi connectivity index (χ2n) is 2.50. The second-order valence-corrected chi connectivity index (χ2v) is 2.50. The SMILES string of the molecule is O=[N+]([O-])c1ccoc1C1OCCO1.